The number of alkyl halides is 3. The van der Waals surface area contributed by atoms with E-state index in [1.54, 1.807) is 18.2 Å². The molecule has 1 aromatic carbocycles. The smallest absolute Gasteiger partial charge is 0.282 e. The lowest BCUT2D eigenvalue weighted by Crippen LogP contribution is -2.03. The van der Waals surface area contributed by atoms with Crippen LogP contribution in [0.2, 0.25) is 0 Å². The van der Waals surface area contributed by atoms with Crippen LogP contribution in [0.25, 0.3) is 10.9 Å². The Labute approximate surface area is 100 Å². The third-order valence-corrected chi connectivity index (χ3v) is 3.78. The highest BCUT2D eigenvalue weighted by Gasteiger charge is 2.34. The maximum absolute atomic E-state index is 12.6. The normalized spacial score (nSPS) is 12.3. The molecule has 0 amide bonds. The standard InChI is InChI=1S/C9H5F3INS/c10-9(11,12)7-5-14(15-13)8-4-2-1-3-6(7)8/h1-5H. The zero-order valence-electron chi connectivity index (χ0n) is 7.25. The number of rotatable bonds is 1. The number of benzene rings is 1. The van der Waals surface area contributed by atoms with Crippen LogP contribution in [-0.4, -0.2) is 3.97 Å². The summed E-state index contributed by atoms with van der Waals surface area (Å²) >= 11 is 1.96. The highest BCUT2D eigenvalue weighted by atomic mass is 127. The van der Waals surface area contributed by atoms with E-state index in [1.165, 1.54) is 19.2 Å². The van der Waals surface area contributed by atoms with Gasteiger partial charge in [-0.05, 0) is 6.07 Å². The van der Waals surface area contributed by atoms with Crippen LogP contribution in [0.4, 0.5) is 13.2 Å². The Morgan fingerprint density at radius 3 is 2.47 bits per heavy atom. The second-order valence-electron chi connectivity index (χ2n) is 2.95. The first-order chi connectivity index (χ1) is 7.04. The molecule has 0 saturated heterocycles. The Morgan fingerprint density at radius 2 is 1.87 bits per heavy atom. The van der Waals surface area contributed by atoms with Gasteiger partial charge in [0, 0.05) is 41.9 Å². The van der Waals surface area contributed by atoms with Gasteiger partial charge in [-0.15, -0.1) is 0 Å². The van der Waals surface area contributed by atoms with E-state index in [0.29, 0.717) is 5.52 Å². The minimum absolute atomic E-state index is 0.245. The Bertz CT molecular complexity index is 492. The minimum atomic E-state index is -4.29. The van der Waals surface area contributed by atoms with Gasteiger partial charge in [0.25, 0.3) is 0 Å². The van der Waals surface area contributed by atoms with Crippen LogP contribution in [0.3, 0.4) is 0 Å². The molecule has 6 heteroatoms. The maximum Gasteiger partial charge on any atom is 0.418 e. The first-order valence-corrected chi connectivity index (χ1v) is 7.32. The molecular formula is C9H5F3INS. The van der Waals surface area contributed by atoms with Crippen LogP contribution >= 0.6 is 30.3 Å². The molecular weight excluding hydrogens is 338 g/mol. The molecule has 1 nitrogen and oxygen atoms in total. The summed E-state index contributed by atoms with van der Waals surface area (Å²) in [5, 5.41) is 0.245. The lowest BCUT2D eigenvalue weighted by Gasteiger charge is -2.02. The number of fused-ring (bicyclic) bond motifs is 1. The average Bonchev–Trinajstić information content (AvgIpc) is 2.55. The summed E-state index contributed by atoms with van der Waals surface area (Å²) in [7, 11) is 1.22. The lowest BCUT2D eigenvalue weighted by molar-refractivity contribution is -0.136. The van der Waals surface area contributed by atoms with E-state index >= 15 is 0 Å². The molecule has 80 valence electrons. The molecule has 2 rings (SSSR count). The van der Waals surface area contributed by atoms with Gasteiger partial charge in [0.2, 0.25) is 0 Å². The molecule has 1 aromatic heterocycles. The molecule has 0 N–H and O–H groups in total. The van der Waals surface area contributed by atoms with E-state index < -0.39 is 11.7 Å². The number of hydrogen-bond acceptors (Lipinski definition) is 1. The molecule has 2 aromatic rings. The van der Waals surface area contributed by atoms with Gasteiger partial charge in [-0.3, -0.25) is 3.97 Å². The number of aromatic nitrogens is 1. The Kier molecular flexibility index (Phi) is 2.89. The SMILES string of the molecule is FC(F)(F)c1cn(SI)c2ccccc12. The van der Waals surface area contributed by atoms with Gasteiger partial charge in [-0.1, -0.05) is 18.2 Å². The van der Waals surface area contributed by atoms with Crippen molar-refractivity contribution in [2.45, 2.75) is 6.18 Å². The average molecular weight is 343 g/mol. The van der Waals surface area contributed by atoms with Crippen LogP contribution in [0.5, 0.6) is 0 Å². The van der Waals surface area contributed by atoms with Crippen LogP contribution in [-0.2, 0) is 6.18 Å². The van der Waals surface area contributed by atoms with Crippen molar-refractivity contribution < 1.29 is 13.2 Å². The fourth-order valence-corrected chi connectivity index (χ4v) is 2.79. The summed E-state index contributed by atoms with van der Waals surface area (Å²) in [6.45, 7) is 0. The van der Waals surface area contributed by atoms with Crippen molar-refractivity contribution in [1.82, 2.24) is 3.97 Å². The topological polar surface area (TPSA) is 4.93 Å². The molecule has 0 spiro atoms. The summed E-state index contributed by atoms with van der Waals surface area (Å²) in [6, 6.07) is 6.50. The molecule has 0 aliphatic heterocycles. The quantitative estimate of drug-likeness (QED) is 0.690. The first-order valence-electron chi connectivity index (χ1n) is 4.00. The molecule has 0 saturated carbocycles. The zero-order chi connectivity index (χ0) is 11.1. The predicted molar refractivity (Wildman–Crippen MR) is 63.9 cm³/mol. The largest absolute Gasteiger partial charge is 0.418 e. The minimum Gasteiger partial charge on any atom is -0.282 e. The van der Waals surface area contributed by atoms with E-state index in [9.17, 15) is 13.2 Å². The molecule has 1 heterocycles. The van der Waals surface area contributed by atoms with Crippen LogP contribution < -0.4 is 0 Å². The highest BCUT2D eigenvalue weighted by molar-refractivity contribution is 14.2. The summed E-state index contributed by atoms with van der Waals surface area (Å²) in [5.41, 5.74) is 0.00601. The van der Waals surface area contributed by atoms with Crippen molar-refractivity contribution in [2.75, 3.05) is 0 Å². The van der Waals surface area contributed by atoms with Gasteiger partial charge in [-0.25, -0.2) is 0 Å². The van der Waals surface area contributed by atoms with Crippen molar-refractivity contribution in [3.8, 4) is 0 Å². The van der Waals surface area contributed by atoms with Gasteiger partial charge in [0.05, 0.1) is 11.1 Å². The van der Waals surface area contributed by atoms with Crippen molar-refractivity contribution in [1.29, 1.82) is 0 Å². The van der Waals surface area contributed by atoms with Crippen molar-refractivity contribution in [3.05, 3.63) is 36.0 Å². The Balaban J connectivity index is 2.76. The number of nitrogens with zero attached hydrogens (tertiary/aromatic N) is 1. The van der Waals surface area contributed by atoms with Crippen LogP contribution in [0.15, 0.2) is 30.5 Å². The van der Waals surface area contributed by atoms with Gasteiger partial charge < -0.3 is 0 Å². The van der Waals surface area contributed by atoms with E-state index in [-0.39, 0.29) is 5.39 Å². The van der Waals surface area contributed by atoms with Gasteiger partial charge in [0.1, 0.15) is 0 Å². The van der Waals surface area contributed by atoms with E-state index in [4.69, 9.17) is 0 Å². The van der Waals surface area contributed by atoms with Gasteiger partial charge in [0.15, 0.2) is 0 Å². The predicted octanol–water partition coefficient (Wildman–Crippen LogP) is 4.51. The number of hydrogen-bond donors (Lipinski definition) is 0. The van der Waals surface area contributed by atoms with Crippen molar-refractivity contribution in [3.63, 3.8) is 0 Å². The van der Waals surface area contributed by atoms with E-state index in [2.05, 4.69) is 0 Å². The Hall–Kier alpha value is -0.370. The molecule has 0 aliphatic carbocycles. The van der Waals surface area contributed by atoms with Gasteiger partial charge >= 0.3 is 6.18 Å². The highest BCUT2D eigenvalue weighted by Crippen LogP contribution is 2.38. The molecule has 0 unspecified atom stereocenters. The third-order valence-electron chi connectivity index (χ3n) is 2.06. The van der Waals surface area contributed by atoms with E-state index in [0.717, 1.165) is 6.20 Å². The summed E-state index contributed by atoms with van der Waals surface area (Å²) < 4.78 is 39.4. The number of para-hydroxylation sites is 1. The van der Waals surface area contributed by atoms with Crippen LogP contribution in [0.1, 0.15) is 5.56 Å². The van der Waals surface area contributed by atoms with Crippen molar-refractivity contribution in [2.24, 2.45) is 0 Å². The summed E-state index contributed by atoms with van der Waals surface area (Å²) in [6.07, 6.45) is -3.17. The first kappa shape index (κ1) is 11.1. The second kappa shape index (κ2) is 3.89. The summed E-state index contributed by atoms with van der Waals surface area (Å²) in [5.74, 6) is 0. The fourth-order valence-electron chi connectivity index (χ4n) is 1.43. The third kappa shape index (κ3) is 1.96. The number of halogens is 4. The maximum atomic E-state index is 12.6. The molecule has 0 aliphatic rings. The zero-order valence-corrected chi connectivity index (χ0v) is 10.2. The lowest BCUT2D eigenvalue weighted by atomic mass is 10.2. The monoisotopic (exact) mass is 343 g/mol. The molecule has 0 radical (unpaired) electrons. The molecule has 0 fully saturated rings. The summed E-state index contributed by atoms with van der Waals surface area (Å²) in [4.78, 5) is 0. The van der Waals surface area contributed by atoms with Crippen molar-refractivity contribution >= 4 is 41.2 Å². The fraction of sp³-hybridized carbons (Fsp3) is 0.111. The molecule has 0 atom stereocenters. The molecule has 0 bridgehead atoms. The van der Waals surface area contributed by atoms with E-state index in [1.807, 2.05) is 21.2 Å². The molecule has 15 heavy (non-hydrogen) atoms. The Morgan fingerprint density at radius 1 is 1.20 bits per heavy atom. The van der Waals surface area contributed by atoms with Gasteiger partial charge in [-0.2, -0.15) is 13.2 Å². The second-order valence-corrected chi connectivity index (χ2v) is 4.67. The van der Waals surface area contributed by atoms with Crippen LogP contribution in [0, 0.1) is 0 Å².